The number of nitrogens with zero attached hydrogens (tertiary/aromatic N) is 2. The van der Waals surface area contributed by atoms with E-state index in [4.69, 9.17) is 11.5 Å². The normalized spacial score (nSPS) is 16.6. The topological polar surface area (TPSA) is 250 Å². The van der Waals surface area contributed by atoms with Gasteiger partial charge in [0.15, 0.2) is 5.96 Å². The predicted octanol–water partition coefficient (Wildman–Crippen LogP) is -1.75. The smallest absolute Gasteiger partial charge is 0.326 e. The SMILES string of the molecule is NC(N)=NCCCC(NC(=O)C(Cc1ccc(O)cc1)NC(=O)C1CCCN1)C(=O)NC(Cc1cnc[nH]1)C(=O)O. The zero-order valence-electron chi connectivity index (χ0n) is 22.5. The molecular weight excluding hydrogens is 534 g/mol. The third kappa shape index (κ3) is 10.1. The van der Waals surface area contributed by atoms with Crippen molar-refractivity contribution in [2.45, 2.75) is 62.7 Å². The molecule has 3 amide bonds. The fourth-order valence-electron chi connectivity index (χ4n) is 4.39. The molecule has 1 aromatic heterocycles. The number of imidazole rings is 1. The molecule has 4 atom stereocenters. The maximum Gasteiger partial charge on any atom is 0.326 e. The number of carbonyl (C=O) groups excluding carboxylic acids is 3. The lowest BCUT2D eigenvalue weighted by Gasteiger charge is -2.25. The van der Waals surface area contributed by atoms with Gasteiger partial charge in [0.1, 0.15) is 23.9 Å². The minimum atomic E-state index is -1.29. The molecule has 1 aliphatic rings. The number of phenolic OH excluding ortho intramolecular Hbond substituents is 1. The summed E-state index contributed by atoms with van der Waals surface area (Å²) in [5.74, 6) is -3.04. The molecule has 0 radical (unpaired) electrons. The summed E-state index contributed by atoms with van der Waals surface area (Å²) in [5.41, 5.74) is 11.9. The highest BCUT2D eigenvalue weighted by Crippen LogP contribution is 2.13. The molecular formula is C26H37N9O6. The number of carboxylic acids is 1. The van der Waals surface area contributed by atoms with Crippen LogP contribution in [0, 0.1) is 0 Å². The molecule has 11 N–H and O–H groups in total. The van der Waals surface area contributed by atoms with E-state index in [1.54, 1.807) is 12.1 Å². The highest BCUT2D eigenvalue weighted by Gasteiger charge is 2.31. The number of hydrogen-bond acceptors (Lipinski definition) is 8. The Morgan fingerprint density at radius 2 is 1.73 bits per heavy atom. The van der Waals surface area contributed by atoms with Gasteiger partial charge in [-0.1, -0.05) is 12.1 Å². The van der Waals surface area contributed by atoms with E-state index in [0.717, 1.165) is 6.42 Å². The minimum Gasteiger partial charge on any atom is -0.508 e. The van der Waals surface area contributed by atoms with Crippen LogP contribution in [-0.2, 0) is 32.0 Å². The Balaban J connectivity index is 1.77. The second-order valence-corrected chi connectivity index (χ2v) is 9.77. The molecule has 4 unspecified atom stereocenters. The van der Waals surface area contributed by atoms with Crippen molar-refractivity contribution in [2.75, 3.05) is 13.1 Å². The minimum absolute atomic E-state index is 0.0505. The monoisotopic (exact) mass is 571 g/mol. The molecule has 41 heavy (non-hydrogen) atoms. The molecule has 0 saturated carbocycles. The first-order chi connectivity index (χ1) is 19.6. The predicted molar refractivity (Wildman–Crippen MR) is 148 cm³/mol. The van der Waals surface area contributed by atoms with Crippen LogP contribution in [0.2, 0.25) is 0 Å². The van der Waals surface area contributed by atoms with Crippen LogP contribution >= 0.6 is 0 Å². The number of H-pyrrole nitrogens is 1. The van der Waals surface area contributed by atoms with Gasteiger partial charge in [0.25, 0.3) is 0 Å². The lowest BCUT2D eigenvalue weighted by atomic mass is 10.0. The van der Waals surface area contributed by atoms with Crippen molar-refractivity contribution >= 4 is 29.7 Å². The highest BCUT2D eigenvalue weighted by atomic mass is 16.4. The van der Waals surface area contributed by atoms with E-state index >= 15 is 0 Å². The van der Waals surface area contributed by atoms with Crippen LogP contribution in [0.4, 0.5) is 0 Å². The first kappa shape index (κ1) is 30.9. The number of amides is 3. The molecule has 15 nitrogen and oxygen atoms in total. The Morgan fingerprint density at radius 1 is 1.02 bits per heavy atom. The van der Waals surface area contributed by atoms with Gasteiger partial charge >= 0.3 is 5.97 Å². The lowest BCUT2D eigenvalue weighted by molar-refractivity contribution is -0.142. The lowest BCUT2D eigenvalue weighted by Crippen LogP contribution is -2.57. The number of guanidine groups is 1. The number of phenols is 1. The number of nitrogens with two attached hydrogens (primary N) is 2. The zero-order valence-corrected chi connectivity index (χ0v) is 22.5. The largest absolute Gasteiger partial charge is 0.508 e. The van der Waals surface area contributed by atoms with E-state index in [9.17, 15) is 29.4 Å². The molecule has 1 fully saturated rings. The summed E-state index contributed by atoms with van der Waals surface area (Å²) in [6.07, 6.45) is 4.73. The highest BCUT2D eigenvalue weighted by molar-refractivity contribution is 5.94. The van der Waals surface area contributed by atoms with Crippen molar-refractivity contribution in [2.24, 2.45) is 16.5 Å². The third-order valence-corrected chi connectivity index (χ3v) is 6.56. The summed E-state index contributed by atoms with van der Waals surface area (Å²) in [4.78, 5) is 62.1. The van der Waals surface area contributed by atoms with Gasteiger partial charge in [0.05, 0.1) is 12.4 Å². The number of aromatic hydroxyl groups is 1. The molecule has 1 aromatic carbocycles. The van der Waals surface area contributed by atoms with Gasteiger partial charge in [-0.2, -0.15) is 0 Å². The molecule has 1 aliphatic heterocycles. The standard InChI is InChI=1S/C26H37N9O6/c27-26(28)31-10-2-4-19(23(38)35-21(25(40)41)12-16-13-29-14-32-16)33-24(39)20(11-15-5-7-17(36)8-6-15)34-22(37)18-3-1-9-30-18/h5-8,13-14,18-21,30,36H,1-4,9-12H2,(H,29,32)(H,33,39)(H,34,37)(H,35,38)(H,40,41)(H4,27,28,31). The first-order valence-corrected chi connectivity index (χ1v) is 13.3. The number of aliphatic imine (C=N–C) groups is 1. The van der Waals surface area contributed by atoms with Crippen molar-refractivity contribution in [1.82, 2.24) is 31.2 Å². The Kier molecular flexibility index (Phi) is 11.5. The second-order valence-electron chi connectivity index (χ2n) is 9.77. The summed E-state index contributed by atoms with van der Waals surface area (Å²) in [6, 6.07) is 2.26. The number of carboxylic acid groups (broad SMARTS) is 1. The van der Waals surface area contributed by atoms with Gasteiger partial charge in [-0.3, -0.25) is 19.4 Å². The van der Waals surface area contributed by atoms with Crippen LogP contribution in [0.25, 0.3) is 0 Å². The summed E-state index contributed by atoms with van der Waals surface area (Å²) in [5, 5.41) is 30.3. The van der Waals surface area contributed by atoms with Crippen LogP contribution in [0.15, 0.2) is 41.8 Å². The second kappa shape index (κ2) is 15.2. The van der Waals surface area contributed by atoms with E-state index in [1.165, 1.54) is 24.7 Å². The molecule has 3 rings (SSSR count). The van der Waals surface area contributed by atoms with E-state index in [2.05, 4.69) is 36.2 Å². The fourth-order valence-corrected chi connectivity index (χ4v) is 4.39. The summed E-state index contributed by atoms with van der Waals surface area (Å²) >= 11 is 0. The van der Waals surface area contributed by atoms with Crippen molar-refractivity contribution in [3.8, 4) is 5.75 Å². The van der Waals surface area contributed by atoms with Gasteiger partial charge in [-0.05, 0) is 49.9 Å². The number of benzene rings is 1. The summed E-state index contributed by atoms with van der Waals surface area (Å²) in [7, 11) is 0. The molecule has 2 aromatic rings. The number of rotatable bonds is 15. The molecule has 222 valence electrons. The quantitative estimate of drug-likeness (QED) is 0.0662. The van der Waals surface area contributed by atoms with Gasteiger partial charge in [-0.15, -0.1) is 0 Å². The van der Waals surface area contributed by atoms with Gasteiger partial charge in [0.2, 0.25) is 17.7 Å². The zero-order chi connectivity index (χ0) is 29.8. The van der Waals surface area contributed by atoms with Crippen molar-refractivity contribution in [3.05, 3.63) is 48.0 Å². The van der Waals surface area contributed by atoms with Crippen molar-refractivity contribution in [1.29, 1.82) is 0 Å². The van der Waals surface area contributed by atoms with Crippen LogP contribution < -0.4 is 32.7 Å². The molecule has 0 aliphatic carbocycles. The van der Waals surface area contributed by atoms with E-state index in [1.807, 2.05) is 0 Å². The summed E-state index contributed by atoms with van der Waals surface area (Å²) in [6.45, 7) is 0.869. The number of aromatic amines is 1. The van der Waals surface area contributed by atoms with Gasteiger partial charge in [-0.25, -0.2) is 9.78 Å². The Hall–Kier alpha value is -4.66. The average Bonchev–Trinajstić information content (AvgIpc) is 3.65. The molecule has 15 heteroatoms. The first-order valence-electron chi connectivity index (χ1n) is 13.3. The Labute approximate surface area is 236 Å². The summed E-state index contributed by atoms with van der Waals surface area (Å²) < 4.78 is 0. The van der Waals surface area contributed by atoms with Gasteiger partial charge < -0.3 is 47.9 Å². The van der Waals surface area contributed by atoms with E-state index in [-0.39, 0.29) is 43.4 Å². The maximum atomic E-state index is 13.5. The maximum absolute atomic E-state index is 13.5. The number of aliphatic carboxylic acids is 1. The molecule has 1 saturated heterocycles. The molecule has 0 spiro atoms. The van der Waals surface area contributed by atoms with E-state index in [0.29, 0.717) is 30.6 Å². The third-order valence-electron chi connectivity index (χ3n) is 6.56. The van der Waals surface area contributed by atoms with E-state index < -0.39 is 42.0 Å². The molecule has 0 bridgehead atoms. The number of carbonyl (C=O) groups is 4. The number of hydrogen-bond donors (Lipinski definition) is 9. The van der Waals surface area contributed by atoms with Gasteiger partial charge in [0, 0.05) is 31.3 Å². The average molecular weight is 572 g/mol. The Bertz CT molecular complexity index is 1190. The van der Waals surface area contributed by atoms with Crippen LogP contribution in [0.1, 0.15) is 36.9 Å². The fraction of sp³-hybridized carbons (Fsp3) is 0.462. The van der Waals surface area contributed by atoms with Crippen LogP contribution in [0.3, 0.4) is 0 Å². The van der Waals surface area contributed by atoms with Crippen molar-refractivity contribution < 1.29 is 29.4 Å². The van der Waals surface area contributed by atoms with Crippen molar-refractivity contribution in [3.63, 3.8) is 0 Å². The Morgan fingerprint density at radius 3 is 2.34 bits per heavy atom. The number of nitrogens with one attached hydrogen (secondary N) is 5. The number of aromatic nitrogens is 2. The van der Waals surface area contributed by atoms with Crippen LogP contribution in [0.5, 0.6) is 5.75 Å². The molecule has 2 heterocycles. The van der Waals surface area contributed by atoms with Crippen LogP contribution in [-0.4, -0.2) is 87.1 Å².